The second-order valence-corrected chi connectivity index (χ2v) is 5.63. The van der Waals surface area contributed by atoms with Crippen molar-refractivity contribution in [2.24, 2.45) is 0 Å². The zero-order valence-corrected chi connectivity index (χ0v) is 13.2. The van der Waals surface area contributed by atoms with Gasteiger partial charge in [0.05, 0.1) is 10.7 Å². The standard InChI is InChI=1S/C13H15Cl2N3OS/c14-9-5-6-11(10(15)8-9)18-12(16-17-13(18)20)4-2-1-3-7-19/h5-6,8,19H,1-4,7H2,(H,17,20). The molecule has 20 heavy (non-hydrogen) atoms. The monoisotopic (exact) mass is 331 g/mol. The molecule has 1 heterocycles. The average molecular weight is 332 g/mol. The van der Waals surface area contributed by atoms with Gasteiger partial charge in [0.15, 0.2) is 5.16 Å². The van der Waals surface area contributed by atoms with Gasteiger partial charge in [-0.2, -0.15) is 0 Å². The maximum Gasteiger partial charge on any atom is 0.192 e. The lowest BCUT2D eigenvalue weighted by Crippen LogP contribution is -2.03. The molecule has 1 N–H and O–H groups in total. The van der Waals surface area contributed by atoms with Gasteiger partial charge in [0, 0.05) is 18.1 Å². The molecule has 0 aliphatic rings. The minimum Gasteiger partial charge on any atom is -0.396 e. The highest BCUT2D eigenvalue weighted by molar-refractivity contribution is 7.80. The van der Waals surface area contributed by atoms with E-state index in [4.69, 9.17) is 28.3 Å². The number of aliphatic hydroxyl groups is 1. The number of aryl methyl sites for hydroxylation is 1. The molecule has 0 radical (unpaired) electrons. The molecule has 108 valence electrons. The van der Waals surface area contributed by atoms with Gasteiger partial charge in [0.1, 0.15) is 5.82 Å². The van der Waals surface area contributed by atoms with Crippen LogP contribution in [0.25, 0.3) is 5.69 Å². The first kappa shape index (κ1) is 15.6. The van der Waals surface area contributed by atoms with Crippen LogP contribution in [0, 0.1) is 0 Å². The molecule has 1 aromatic heterocycles. The van der Waals surface area contributed by atoms with Crippen molar-refractivity contribution >= 4 is 35.8 Å². The van der Waals surface area contributed by atoms with Gasteiger partial charge in [-0.15, -0.1) is 22.8 Å². The summed E-state index contributed by atoms with van der Waals surface area (Å²) in [7, 11) is 0. The van der Waals surface area contributed by atoms with Gasteiger partial charge in [-0.25, -0.2) is 0 Å². The Labute approximate surface area is 133 Å². The van der Waals surface area contributed by atoms with Crippen molar-refractivity contribution in [3.05, 3.63) is 34.1 Å². The molecule has 7 heteroatoms. The molecule has 0 amide bonds. The lowest BCUT2D eigenvalue weighted by molar-refractivity contribution is 0.283. The fourth-order valence-electron chi connectivity index (χ4n) is 1.95. The second-order valence-electron chi connectivity index (χ2n) is 4.38. The quantitative estimate of drug-likeness (QED) is 0.628. The summed E-state index contributed by atoms with van der Waals surface area (Å²) in [6.45, 7) is 0.216. The molecule has 0 bridgehead atoms. The van der Waals surface area contributed by atoms with E-state index in [9.17, 15) is 0 Å². The highest BCUT2D eigenvalue weighted by Gasteiger charge is 2.14. The number of aliphatic hydroxyl groups excluding tert-OH is 1. The maximum atomic E-state index is 8.79. The predicted octanol–water partition coefficient (Wildman–Crippen LogP) is 3.57. The molecule has 0 spiro atoms. The number of hydrogen-bond donors (Lipinski definition) is 2. The summed E-state index contributed by atoms with van der Waals surface area (Å²) < 4.78 is 1.82. The van der Waals surface area contributed by atoms with Crippen molar-refractivity contribution in [1.29, 1.82) is 0 Å². The van der Waals surface area contributed by atoms with Gasteiger partial charge in [-0.05, 0) is 31.0 Å². The van der Waals surface area contributed by atoms with Crippen molar-refractivity contribution in [2.45, 2.75) is 30.8 Å². The summed E-state index contributed by atoms with van der Waals surface area (Å²) in [6.07, 6.45) is 3.42. The first-order valence-corrected chi connectivity index (χ1v) is 7.53. The van der Waals surface area contributed by atoms with Crippen molar-refractivity contribution in [3.8, 4) is 5.69 Å². The number of halogens is 2. The molecular formula is C13H15Cl2N3OS. The minimum atomic E-state index is 0.216. The van der Waals surface area contributed by atoms with Crippen LogP contribution in [0.3, 0.4) is 0 Å². The summed E-state index contributed by atoms with van der Waals surface area (Å²) in [5.74, 6) is 0.803. The Hall–Kier alpha value is -0.750. The van der Waals surface area contributed by atoms with E-state index in [1.54, 1.807) is 12.1 Å². The van der Waals surface area contributed by atoms with Crippen LogP contribution in [0.4, 0.5) is 0 Å². The molecule has 0 aliphatic carbocycles. The molecule has 0 saturated carbocycles. The zero-order valence-electron chi connectivity index (χ0n) is 10.8. The number of nitrogens with zero attached hydrogens (tertiary/aromatic N) is 3. The van der Waals surface area contributed by atoms with E-state index in [0.29, 0.717) is 15.2 Å². The Morgan fingerprint density at radius 3 is 2.65 bits per heavy atom. The van der Waals surface area contributed by atoms with Gasteiger partial charge in [-0.1, -0.05) is 29.6 Å². The third-order valence-electron chi connectivity index (χ3n) is 2.92. The van der Waals surface area contributed by atoms with Gasteiger partial charge >= 0.3 is 0 Å². The largest absolute Gasteiger partial charge is 0.396 e. The van der Waals surface area contributed by atoms with Crippen LogP contribution in [0.2, 0.25) is 10.0 Å². The Bertz CT molecular complexity index is 589. The Balaban J connectivity index is 2.24. The van der Waals surface area contributed by atoms with Gasteiger partial charge in [0.2, 0.25) is 0 Å². The van der Waals surface area contributed by atoms with Crippen LogP contribution in [0.5, 0.6) is 0 Å². The molecule has 0 saturated heterocycles. The van der Waals surface area contributed by atoms with Gasteiger partial charge < -0.3 is 5.11 Å². The Morgan fingerprint density at radius 2 is 1.95 bits per heavy atom. The zero-order chi connectivity index (χ0) is 14.5. The summed E-state index contributed by atoms with van der Waals surface area (Å²) in [5, 5.41) is 18.5. The SMILES string of the molecule is OCCCCCc1nnc(S)n1-c1ccc(Cl)cc1Cl. The van der Waals surface area contributed by atoms with E-state index in [2.05, 4.69) is 22.8 Å². The first-order chi connectivity index (χ1) is 9.63. The van der Waals surface area contributed by atoms with E-state index in [1.807, 2.05) is 10.6 Å². The van der Waals surface area contributed by atoms with E-state index >= 15 is 0 Å². The third-order valence-corrected chi connectivity index (χ3v) is 3.75. The Morgan fingerprint density at radius 1 is 1.15 bits per heavy atom. The lowest BCUT2D eigenvalue weighted by atomic mass is 10.2. The van der Waals surface area contributed by atoms with Crippen molar-refractivity contribution in [2.75, 3.05) is 6.61 Å². The third kappa shape index (κ3) is 3.67. The molecule has 0 atom stereocenters. The molecule has 0 aliphatic heterocycles. The minimum absolute atomic E-state index is 0.216. The molecular weight excluding hydrogens is 317 g/mol. The van der Waals surface area contributed by atoms with E-state index in [1.165, 1.54) is 0 Å². The molecule has 0 fully saturated rings. The van der Waals surface area contributed by atoms with Crippen LogP contribution in [0.15, 0.2) is 23.4 Å². The van der Waals surface area contributed by atoms with Crippen LogP contribution in [-0.4, -0.2) is 26.5 Å². The number of thiol groups is 1. The number of benzene rings is 1. The topological polar surface area (TPSA) is 50.9 Å². The number of aromatic nitrogens is 3. The van der Waals surface area contributed by atoms with Crippen molar-refractivity contribution in [3.63, 3.8) is 0 Å². The van der Waals surface area contributed by atoms with E-state index in [-0.39, 0.29) is 6.61 Å². The molecule has 2 aromatic rings. The fourth-order valence-corrected chi connectivity index (χ4v) is 2.71. The van der Waals surface area contributed by atoms with Gasteiger partial charge in [-0.3, -0.25) is 4.57 Å². The van der Waals surface area contributed by atoms with Crippen LogP contribution >= 0.6 is 35.8 Å². The highest BCUT2D eigenvalue weighted by Crippen LogP contribution is 2.27. The fraction of sp³-hybridized carbons (Fsp3) is 0.385. The molecule has 0 unspecified atom stereocenters. The summed E-state index contributed by atoms with van der Waals surface area (Å²) in [6, 6.07) is 5.28. The van der Waals surface area contributed by atoms with Crippen LogP contribution < -0.4 is 0 Å². The smallest absolute Gasteiger partial charge is 0.192 e. The van der Waals surface area contributed by atoms with Crippen molar-refractivity contribution in [1.82, 2.24) is 14.8 Å². The molecule has 1 aromatic carbocycles. The summed E-state index contributed by atoms with van der Waals surface area (Å²) >= 11 is 16.5. The number of unbranched alkanes of at least 4 members (excludes halogenated alkanes) is 2. The van der Waals surface area contributed by atoms with Crippen LogP contribution in [-0.2, 0) is 6.42 Å². The average Bonchev–Trinajstić information content (AvgIpc) is 2.76. The first-order valence-electron chi connectivity index (χ1n) is 6.33. The number of rotatable bonds is 6. The number of hydrogen-bond acceptors (Lipinski definition) is 4. The maximum absolute atomic E-state index is 8.79. The summed E-state index contributed by atoms with van der Waals surface area (Å²) in [4.78, 5) is 0. The van der Waals surface area contributed by atoms with Crippen molar-refractivity contribution < 1.29 is 5.11 Å². The Kier molecular flexibility index (Phi) is 5.72. The summed E-state index contributed by atoms with van der Waals surface area (Å²) in [5.41, 5.74) is 0.767. The van der Waals surface area contributed by atoms with Crippen LogP contribution in [0.1, 0.15) is 25.1 Å². The predicted molar refractivity (Wildman–Crippen MR) is 83.3 cm³/mol. The van der Waals surface area contributed by atoms with E-state index < -0.39 is 0 Å². The highest BCUT2D eigenvalue weighted by atomic mass is 35.5. The van der Waals surface area contributed by atoms with Gasteiger partial charge in [0.25, 0.3) is 0 Å². The lowest BCUT2D eigenvalue weighted by Gasteiger charge is -2.10. The second kappa shape index (κ2) is 7.31. The normalized spacial score (nSPS) is 11.0. The molecule has 4 nitrogen and oxygen atoms in total. The van der Waals surface area contributed by atoms with E-state index in [0.717, 1.165) is 37.2 Å². The molecule has 2 rings (SSSR count).